The molecule has 0 aliphatic rings. The van der Waals surface area contributed by atoms with Crippen LogP contribution in [0.3, 0.4) is 0 Å². The lowest BCUT2D eigenvalue weighted by Crippen LogP contribution is -2.05. The van der Waals surface area contributed by atoms with Crippen molar-refractivity contribution in [1.29, 1.82) is 0 Å². The van der Waals surface area contributed by atoms with Crippen LogP contribution in [0.5, 0.6) is 5.75 Å². The highest BCUT2D eigenvalue weighted by molar-refractivity contribution is 7.15. The number of nitrogens with two attached hydrogens (primary N) is 1. The smallest absolute Gasteiger partial charge is 0.406 e. The number of anilines is 1. The van der Waals surface area contributed by atoms with E-state index >= 15 is 0 Å². The SMILES string of the molecule is Cc1ccc(OCc2nnc(NN)s2)c([N+](=O)[O-])n1. The molecule has 0 saturated heterocycles. The first-order chi connectivity index (χ1) is 9.10. The maximum atomic E-state index is 10.8. The summed E-state index contributed by atoms with van der Waals surface area (Å²) in [5.41, 5.74) is 2.90. The number of aryl methyl sites for hydroxylation is 1. The van der Waals surface area contributed by atoms with E-state index in [2.05, 4.69) is 20.6 Å². The van der Waals surface area contributed by atoms with Gasteiger partial charge in [0.2, 0.25) is 10.9 Å². The molecule has 2 heterocycles. The summed E-state index contributed by atoms with van der Waals surface area (Å²) in [5, 5.41) is 19.4. The molecule has 0 unspecified atom stereocenters. The van der Waals surface area contributed by atoms with Crippen LogP contribution in [0.4, 0.5) is 10.9 Å². The van der Waals surface area contributed by atoms with Gasteiger partial charge in [0.15, 0.2) is 5.01 Å². The van der Waals surface area contributed by atoms with Crippen molar-refractivity contribution >= 4 is 22.3 Å². The average molecular weight is 282 g/mol. The summed E-state index contributed by atoms with van der Waals surface area (Å²) >= 11 is 1.20. The van der Waals surface area contributed by atoms with Crippen LogP contribution < -0.4 is 16.0 Å². The lowest BCUT2D eigenvalue weighted by Gasteiger charge is -2.04. The molecule has 2 aromatic heterocycles. The van der Waals surface area contributed by atoms with Crippen LogP contribution in [0.25, 0.3) is 0 Å². The lowest BCUT2D eigenvalue weighted by molar-refractivity contribution is -0.390. The highest BCUT2D eigenvalue weighted by Gasteiger charge is 2.18. The van der Waals surface area contributed by atoms with Gasteiger partial charge in [-0.15, -0.1) is 10.2 Å². The first kappa shape index (κ1) is 13.1. The van der Waals surface area contributed by atoms with E-state index in [1.165, 1.54) is 17.4 Å². The molecule has 0 aliphatic heterocycles. The van der Waals surface area contributed by atoms with Crippen molar-refractivity contribution in [2.75, 3.05) is 5.43 Å². The zero-order valence-corrected chi connectivity index (χ0v) is 10.7. The van der Waals surface area contributed by atoms with Crippen LogP contribution in [0.2, 0.25) is 0 Å². The molecule has 100 valence electrons. The minimum absolute atomic E-state index is 0.0604. The maximum Gasteiger partial charge on any atom is 0.406 e. The average Bonchev–Trinajstić information content (AvgIpc) is 2.85. The summed E-state index contributed by atoms with van der Waals surface area (Å²) in [5.74, 6) is 4.94. The van der Waals surface area contributed by atoms with Crippen LogP contribution >= 0.6 is 11.3 Å². The van der Waals surface area contributed by atoms with Gasteiger partial charge in [-0.2, -0.15) is 0 Å². The molecule has 0 radical (unpaired) electrons. The zero-order chi connectivity index (χ0) is 13.8. The number of nitro groups is 1. The van der Waals surface area contributed by atoms with Gasteiger partial charge in [-0.1, -0.05) is 11.3 Å². The minimum Gasteiger partial charge on any atom is -0.478 e. The van der Waals surface area contributed by atoms with Gasteiger partial charge in [0.1, 0.15) is 12.3 Å². The number of hydrogen-bond donors (Lipinski definition) is 2. The molecular formula is C9H10N6O3S. The Hall–Kier alpha value is -2.33. The fraction of sp³-hybridized carbons (Fsp3) is 0.222. The van der Waals surface area contributed by atoms with Gasteiger partial charge in [0.05, 0.1) is 0 Å². The molecule has 0 aromatic carbocycles. The first-order valence-electron chi connectivity index (χ1n) is 5.14. The van der Waals surface area contributed by atoms with Crippen molar-refractivity contribution in [3.8, 4) is 5.75 Å². The summed E-state index contributed by atoms with van der Waals surface area (Å²) in [6, 6.07) is 3.14. The highest BCUT2D eigenvalue weighted by atomic mass is 32.1. The summed E-state index contributed by atoms with van der Waals surface area (Å²) in [7, 11) is 0. The number of aromatic nitrogens is 3. The van der Waals surface area contributed by atoms with Crippen molar-refractivity contribution in [2.45, 2.75) is 13.5 Å². The molecule has 19 heavy (non-hydrogen) atoms. The van der Waals surface area contributed by atoms with E-state index in [9.17, 15) is 10.1 Å². The predicted octanol–water partition coefficient (Wildman–Crippen LogP) is 1.01. The monoisotopic (exact) mass is 282 g/mol. The number of rotatable bonds is 5. The van der Waals surface area contributed by atoms with Gasteiger partial charge < -0.3 is 14.9 Å². The Morgan fingerprint density at radius 2 is 2.32 bits per heavy atom. The molecule has 2 aromatic rings. The van der Waals surface area contributed by atoms with E-state index in [1.54, 1.807) is 13.0 Å². The summed E-state index contributed by atoms with van der Waals surface area (Å²) in [4.78, 5) is 14.1. The number of ether oxygens (including phenoxy) is 1. The molecule has 9 nitrogen and oxygen atoms in total. The minimum atomic E-state index is -0.588. The fourth-order valence-electron chi connectivity index (χ4n) is 1.28. The van der Waals surface area contributed by atoms with E-state index < -0.39 is 4.92 Å². The number of nitrogen functional groups attached to an aromatic ring is 1. The molecule has 0 bridgehead atoms. The molecule has 3 N–H and O–H groups in total. The third kappa shape index (κ3) is 3.11. The third-order valence-electron chi connectivity index (χ3n) is 2.09. The van der Waals surface area contributed by atoms with Crippen LogP contribution in [0.15, 0.2) is 12.1 Å². The standard InChI is InChI=1S/C9H10N6O3S/c1-5-2-3-6(8(11-5)15(16)17)18-4-7-13-14-9(12-10)19-7/h2-3H,4,10H2,1H3,(H,12,14). The summed E-state index contributed by atoms with van der Waals surface area (Å²) in [6.07, 6.45) is 0. The molecular weight excluding hydrogens is 272 g/mol. The van der Waals surface area contributed by atoms with Gasteiger partial charge >= 0.3 is 5.82 Å². The van der Waals surface area contributed by atoms with Crippen molar-refractivity contribution in [3.05, 3.63) is 32.9 Å². The second-order valence-corrected chi connectivity index (χ2v) is 4.53. The quantitative estimate of drug-likeness (QED) is 0.472. The molecule has 2 rings (SSSR count). The molecule has 0 amide bonds. The largest absolute Gasteiger partial charge is 0.478 e. The number of nitrogens with zero attached hydrogens (tertiary/aromatic N) is 4. The Morgan fingerprint density at radius 3 is 2.95 bits per heavy atom. The second-order valence-electron chi connectivity index (χ2n) is 3.47. The zero-order valence-electron chi connectivity index (χ0n) is 9.86. The van der Waals surface area contributed by atoms with Crippen molar-refractivity contribution < 1.29 is 9.66 Å². The Morgan fingerprint density at radius 1 is 1.53 bits per heavy atom. The van der Waals surface area contributed by atoms with Crippen LogP contribution in [0, 0.1) is 17.0 Å². The molecule has 0 spiro atoms. The van der Waals surface area contributed by atoms with Crippen molar-refractivity contribution in [1.82, 2.24) is 15.2 Å². The number of nitrogens with one attached hydrogen (secondary N) is 1. The Balaban J connectivity index is 2.12. The van der Waals surface area contributed by atoms with E-state index in [0.29, 0.717) is 15.8 Å². The number of hydrogen-bond acceptors (Lipinski definition) is 9. The third-order valence-corrected chi connectivity index (χ3v) is 2.92. The normalized spacial score (nSPS) is 10.2. The Labute approximate surface area is 111 Å². The predicted molar refractivity (Wildman–Crippen MR) is 67.7 cm³/mol. The number of pyridine rings is 1. The van der Waals surface area contributed by atoms with Crippen LogP contribution in [0.1, 0.15) is 10.7 Å². The summed E-state index contributed by atoms with van der Waals surface area (Å²) in [6.45, 7) is 1.73. The van der Waals surface area contributed by atoms with Gasteiger partial charge in [-0.25, -0.2) is 5.84 Å². The number of hydrazine groups is 1. The second kappa shape index (κ2) is 5.54. The van der Waals surface area contributed by atoms with E-state index in [4.69, 9.17) is 10.6 Å². The van der Waals surface area contributed by atoms with Gasteiger partial charge in [-0.3, -0.25) is 5.43 Å². The first-order valence-corrected chi connectivity index (χ1v) is 5.95. The Kier molecular flexibility index (Phi) is 3.82. The van der Waals surface area contributed by atoms with E-state index in [1.807, 2.05) is 0 Å². The lowest BCUT2D eigenvalue weighted by atomic mass is 10.3. The molecule has 0 fully saturated rings. The topological polar surface area (TPSA) is 129 Å². The summed E-state index contributed by atoms with van der Waals surface area (Å²) < 4.78 is 5.33. The molecule has 0 atom stereocenters. The van der Waals surface area contributed by atoms with Gasteiger partial charge in [0.25, 0.3) is 0 Å². The van der Waals surface area contributed by atoms with Crippen molar-refractivity contribution in [3.63, 3.8) is 0 Å². The van der Waals surface area contributed by atoms with E-state index in [-0.39, 0.29) is 18.2 Å². The van der Waals surface area contributed by atoms with Crippen LogP contribution in [-0.4, -0.2) is 20.1 Å². The van der Waals surface area contributed by atoms with Gasteiger partial charge in [-0.05, 0) is 22.0 Å². The van der Waals surface area contributed by atoms with Crippen LogP contribution in [-0.2, 0) is 6.61 Å². The molecule has 10 heteroatoms. The van der Waals surface area contributed by atoms with Crippen molar-refractivity contribution in [2.24, 2.45) is 5.84 Å². The Bertz CT molecular complexity index is 601. The molecule has 0 saturated carbocycles. The highest BCUT2D eigenvalue weighted by Crippen LogP contribution is 2.26. The fourth-order valence-corrected chi connectivity index (χ4v) is 1.85. The molecule has 0 aliphatic carbocycles. The van der Waals surface area contributed by atoms with E-state index in [0.717, 1.165) is 0 Å². The van der Waals surface area contributed by atoms with Gasteiger partial charge in [0, 0.05) is 6.92 Å². The maximum absolute atomic E-state index is 10.8.